The van der Waals surface area contributed by atoms with Crippen LogP contribution in [0.3, 0.4) is 0 Å². The van der Waals surface area contributed by atoms with Gasteiger partial charge < -0.3 is 10.0 Å². The maximum Gasteiger partial charge on any atom is 0.416 e. The zero-order valence-corrected chi connectivity index (χ0v) is 18.4. The number of nitrogens with zero attached hydrogens (tertiary/aromatic N) is 4. The van der Waals surface area contributed by atoms with Gasteiger partial charge in [0, 0.05) is 56.4 Å². The fourth-order valence-electron chi connectivity index (χ4n) is 4.25. The van der Waals surface area contributed by atoms with Gasteiger partial charge in [-0.3, -0.25) is 10.0 Å². The molecule has 33 heavy (non-hydrogen) atoms. The Morgan fingerprint density at radius 3 is 2.55 bits per heavy atom. The van der Waals surface area contributed by atoms with Crippen LogP contribution in [0.15, 0.2) is 66.3 Å². The van der Waals surface area contributed by atoms with E-state index in [0.717, 1.165) is 17.3 Å². The number of rotatable bonds is 4. The molecule has 4 rings (SSSR count). The zero-order valence-electron chi connectivity index (χ0n) is 18.4. The molecule has 1 fully saturated rings. The molecule has 1 aromatic rings. The summed E-state index contributed by atoms with van der Waals surface area (Å²) in [6.45, 7) is 5.27. The lowest BCUT2D eigenvalue weighted by atomic mass is 9.97. The summed E-state index contributed by atoms with van der Waals surface area (Å²) >= 11 is 0. The maximum atomic E-state index is 13.3. The third-order valence-corrected chi connectivity index (χ3v) is 6.06. The van der Waals surface area contributed by atoms with E-state index < -0.39 is 17.8 Å². The molecule has 3 aliphatic rings. The Morgan fingerprint density at radius 1 is 1.15 bits per heavy atom. The molecule has 0 aromatic heterocycles. The monoisotopic (exact) mass is 461 g/mol. The summed E-state index contributed by atoms with van der Waals surface area (Å²) in [4.78, 5) is 12.6. The molecule has 0 unspecified atom stereocenters. The summed E-state index contributed by atoms with van der Waals surface area (Å²) in [5.41, 5.74) is 5.25. The maximum absolute atomic E-state index is 13.3. The van der Waals surface area contributed by atoms with Gasteiger partial charge in [0.25, 0.3) is 0 Å². The van der Waals surface area contributed by atoms with Gasteiger partial charge in [0.2, 0.25) is 0 Å². The van der Waals surface area contributed by atoms with E-state index in [1.165, 1.54) is 17.9 Å². The predicted molar refractivity (Wildman–Crippen MR) is 117 cm³/mol. The Hall–Kier alpha value is -3.24. The molecule has 1 saturated heterocycles. The van der Waals surface area contributed by atoms with Gasteiger partial charge >= 0.3 is 12.3 Å². The third-order valence-electron chi connectivity index (χ3n) is 6.06. The van der Waals surface area contributed by atoms with Gasteiger partial charge in [-0.05, 0) is 43.2 Å². The van der Waals surface area contributed by atoms with Crippen LogP contribution in [0.2, 0.25) is 0 Å². The molecule has 0 bridgehead atoms. The largest absolute Gasteiger partial charge is 0.465 e. The van der Waals surface area contributed by atoms with Crippen molar-refractivity contribution in [1.82, 2.24) is 25.4 Å². The minimum atomic E-state index is -4.40. The number of benzene rings is 1. The highest BCUT2D eigenvalue weighted by Crippen LogP contribution is 2.35. The van der Waals surface area contributed by atoms with Gasteiger partial charge in [-0.15, -0.1) is 0 Å². The summed E-state index contributed by atoms with van der Waals surface area (Å²) in [7, 11) is 0. The van der Waals surface area contributed by atoms with E-state index in [0.29, 0.717) is 31.7 Å². The van der Waals surface area contributed by atoms with E-state index in [1.807, 2.05) is 53.8 Å². The topological polar surface area (TPSA) is 62.3 Å². The molecular formula is C23H26F3N5O2. The highest BCUT2D eigenvalue weighted by molar-refractivity contribution is 5.65. The van der Waals surface area contributed by atoms with Crippen molar-refractivity contribution in [3.05, 3.63) is 83.0 Å². The summed E-state index contributed by atoms with van der Waals surface area (Å²) in [5.74, 6) is 0. The van der Waals surface area contributed by atoms with Crippen molar-refractivity contribution in [2.24, 2.45) is 0 Å². The number of hydrogen-bond donors (Lipinski definition) is 2. The van der Waals surface area contributed by atoms with Crippen molar-refractivity contribution in [3.8, 4) is 0 Å². The lowest BCUT2D eigenvalue weighted by molar-refractivity contribution is -0.138. The minimum absolute atomic E-state index is 0.206. The number of carbonyl (C=O) groups is 1. The van der Waals surface area contributed by atoms with Gasteiger partial charge in [-0.1, -0.05) is 18.2 Å². The van der Waals surface area contributed by atoms with Crippen LogP contribution < -0.4 is 5.43 Å². The number of amides is 1. The fraction of sp³-hybridized carbons (Fsp3) is 0.348. The van der Waals surface area contributed by atoms with Crippen molar-refractivity contribution in [2.45, 2.75) is 26.1 Å². The molecule has 1 aromatic carbocycles. The smallest absolute Gasteiger partial charge is 0.416 e. The lowest BCUT2D eigenvalue weighted by Gasteiger charge is -2.41. The Bertz CT molecular complexity index is 1040. The summed E-state index contributed by atoms with van der Waals surface area (Å²) in [5, 5.41) is 15.0. The van der Waals surface area contributed by atoms with Gasteiger partial charge in [-0.25, -0.2) is 15.2 Å². The van der Waals surface area contributed by atoms with Gasteiger partial charge in [-0.2, -0.15) is 13.2 Å². The Balaban J connectivity index is 1.51. The van der Waals surface area contributed by atoms with Crippen molar-refractivity contribution < 1.29 is 23.1 Å². The second kappa shape index (κ2) is 8.95. The quantitative estimate of drug-likeness (QED) is 0.700. The highest BCUT2D eigenvalue weighted by atomic mass is 19.4. The van der Waals surface area contributed by atoms with Crippen LogP contribution in [-0.4, -0.2) is 57.3 Å². The van der Waals surface area contributed by atoms with Crippen LogP contribution in [0.4, 0.5) is 18.0 Å². The zero-order chi connectivity index (χ0) is 23.8. The number of hydrazine groups is 2. The number of hydrogen-bond acceptors (Lipinski definition) is 5. The molecule has 2 N–H and O–H groups in total. The van der Waals surface area contributed by atoms with Crippen molar-refractivity contribution in [2.75, 3.05) is 26.2 Å². The molecule has 176 valence electrons. The number of nitrogens with one attached hydrogen (secondary N) is 1. The standard InChI is InChI=1S/C23H26F3N5O2/c1-16-19(6-3-7-20(16)23(24,25)26)17(2)27-31-9-4-5-18-8-10-30(15-21(18)31)29-13-11-28(12-14-29)22(32)33/h3-10,15,17,27H,11-14H2,1-2H3,(H,32,33)/t17-/m1/s1. The Labute approximate surface area is 190 Å². The van der Waals surface area contributed by atoms with Crippen LogP contribution in [0.1, 0.15) is 29.7 Å². The first-order chi connectivity index (χ1) is 15.6. The summed E-state index contributed by atoms with van der Waals surface area (Å²) < 4.78 is 40.0. The third kappa shape index (κ3) is 4.76. The molecule has 0 saturated carbocycles. The molecular weight excluding hydrogens is 435 g/mol. The lowest BCUT2D eigenvalue weighted by Crippen LogP contribution is -2.52. The van der Waals surface area contributed by atoms with Crippen LogP contribution in [0.25, 0.3) is 0 Å². The average molecular weight is 461 g/mol. The molecule has 0 aliphatic carbocycles. The van der Waals surface area contributed by atoms with Crippen molar-refractivity contribution >= 4 is 6.09 Å². The van der Waals surface area contributed by atoms with E-state index in [4.69, 9.17) is 5.11 Å². The second-order valence-corrected chi connectivity index (χ2v) is 8.14. The van der Waals surface area contributed by atoms with E-state index in [-0.39, 0.29) is 11.6 Å². The van der Waals surface area contributed by atoms with Crippen LogP contribution in [0.5, 0.6) is 0 Å². The molecule has 3 aliphatic heterocycles. The fourth-order valence-corrected chi connectivity index (χ4v) is 4.25. The molecule has 3 heterocycles. The molecule has 0 radical (unpaired) electrons. The first-order valence-electron chi connectivity index (χ1n) is 10.7. The van der Waals surface area contributed by atoms with Crippen molar-refractivity contribution in [3.63, 3.8) is 0 Å². The van der Waals surface area contributed by atoms with E-state index >= 15 is 0 Å². The highest BCUT2D eigenvalue weighted by Gasteiger charge is 2.33. The summed E-state index contributed by atoms with van der Waals surface area (Å²) in [6, 6.07) is 3.86. The van der Waals surface area contributed by atoms with Gasteiger partial charge in [0.05, 0.1) is 11.3 Å². The number of piperazine rings is 1. The number of alkyl halides is 3. The SMILES string of the molecule is Cc1c([C@@H](C)NN2C=CC=C3C=CN(N4CCN(C(=O)O)CC4)C=C32)cccc1C(F)(F)F. The van der Waals surface area contributed by atoms with Gasteiger partial charge in [0.15, 0.2) is 0 Å². The van der Waals surface area contributed by atoms with Gasteiger partial charge in [0.1, 0.15) is 0 Å². The first kappa shape index (κ1) is 22.9. The minimum Gasteiger partial charge on any atom is -0.465 e. The van der Waals surface area contributed by atoms with Crippen LogP contribution in [-0.2, 0) is 6.18 Å². The van der Waals surface area contributed by atoms with E-state index in [9.17, 15) is 18.0 Å². The van der Waals surface area contributed by atoms with Crippen LogP contribution >= 0.6 is 0 Å². The van der Waals surface area contributed by atoms with E-state index in [1.54, 1.807) is 6.07 Å². The second-order valence-electron chi connectivity index (χ2n) is 8.14. The number of fused-ring (bicyclic) bond motifs is 1. The number of halogens is 3. The van der Waals surface area contributed by atoms with E-state index in [2.05, 4.69) is 10.4 Å². The number of carboxylic acid groups (broad SMARTS) is 1. The molecule has 1 atom stereocenters. The molecule has 1 amide bonds. The number of allylic oxidation sites excluding steroid dienone is 3. The predicted octanol–water partition coefficient (Wildman–Crippen LogP) is 4.22. The summed E-state index contributed by atoms with van der Waals surface area (Å²) in [6.07, 6.45) is 6.15. The molecule has 7 nitrogen and oxygen atoms in total. The molecule has 0 spiro atoms. The van der Waals surface area contributed by atoms with Crippen molar-refractivity contribution in [1.29, 1.82) is 0 Å². The normalized spacial score (nSPS) is 19.8. The first-order valence-corrected chi connectivity index (χ1v) is 10.7. The molecule has 10 heteroatoms. The average Bonchev–Trinajstić information content (AvgIpc) is 2.78. The Morgan fingerprint density at radius 2 is 1.88 bits per heavy atom. The Kier molecular flexibility index (Phi) is 6.22. The van der Waals surface area contributed by atoms with Crippen LogP contribution in [0, 0.1) is 6.92 Å².